The van der Waals surface area contributed by atoms with Gasteiger partial charge in [0.15, 0.2) is 0 Å². The quantitative estimate of drug-likeness (QED) is 0.744. The molecule has 1 N–H and O–H groups in total. The fourth-order valence-corrected chi connectivity index (χ4v) is 3.97. The van der Waals surface area contributed by atoms with Gasteiger partial charge in [0, 0.05) is 31.5 Å². The highest BCUT2D eigenvalue weighted by Crippen LogP contribution is 2.30. The Hall–Kier alpha value is -2.37. The average molecular weight is 365 g/mol. The number of hydrogen-bond donors (Lipinski definition) is 1. The van der Waals surface area contributed by atoms with E-state index in [1.54, 1.807) is 6.20 Å². The van der Waals surface area contributed by atoms with E-state index in [9.17, 15) is 5.11 Å². The molecule has 1 saturated heterocycles. The van der Waals surface area contributed by atoms with E-state index in [4.69, 9.17) is 4.42 Å². The van der Waals surface area contributed by atoms with E-state index >= 15 is 0 Å². The molecule has 0 bridgehead atoms. The Morgan fingerprint density at radius 1 is 1.22 bits per heavy atom. The predicted molar refractivity (Wildman–Crippen MR) is 105 cm³/mol. The van der Waals surface area contributed by atoms with E-state index in [2.05, 4.69) is 34.1 Å². The Bertz CT molecular complexity index is 890. The predicted octanol–water partition coefficient (Wildman–Crippen LogP) is 3.93. The maximum atomic E-state index is 10.6. The van der Waals surface area contributed by atoms with Crippen LogP contribution in [-0.2, 0) is 13.6 Å². The highest BCUT2D eigenvalue weighted by molar-refractivity contribution is 5.58. The number of imidazole rings is 1. The zero-order valence-corrected chi connectivity index (χ0v) is 16.0. The highest BCUT2D eigenvalue weighted by atomic mass is 16.3. The number of benzene rings is 1. The van der Waals surface area contributed by atoms with Crippen molar-refractivity contribution in [3.63, 3.8) is 0 Å². The Morgan fingerprint density at radius 2 is 2.04 bits per heavy atom. The normalized spacial score (nSPS) is 17.3. The van der Waals surface area contributed by atoms with Crippen molar-refractivity contribution in [3.8, 4) is 11.3 Å². The molecule has 1 aliphatic rings. The van der Waals surface area contributed by atoms with Gasteiger partial charge < -0.3 is 14.1 Å². The number of aryl methyl sites for hydroxylation is 2. The number of aliphatic hydroxyl groups excluding tert-OH is 1. The van der Waals surface area contributed by atoms with Crippen molar-refractivity contribution in [2.24, 2.45) is 13.0 Å². The molecule has 27 heavy (non-hydrogen) atoms. The molecule has 4 rings (SSSR count). The molecular formula is C22H27N3O2. The lowest BCUT2D eigenvalue weighted by atomic mass is 9.90. The number of likely N-dealkylation sites (tertiary alicyclic amines) is 1. The van der Waals surface area contributed by atoms with Gasteiger partial charge in [0.05, 0.1) is 0 Å². The van der Waals surface area contributed by atoms with E-state index in [0.29, 0.717) is 0 Å². The lowest BCUT2D eigenvalue weighted by molar-refractivity contribution is 0.0492. The summed E-state index contributed by atoms with van der Waals surface area (Å²) in [6.45, 7) is 4.89. The number of hydrogen-bond acceptors (Lipinski definition) is 4. The summed E-state index contributed by atoms with van der Waals surface area (Å²) in [6.07, 6.45) is 5.15. The molecule has 1 aliphatic heterocycles. The summed E-state index contributed by atoms with van der Waals surface area (Å²) in [4.78, 5) is 6.77. The van der Waals surface area contributed by atoms with Gasteiger partial charge in [-0.2, -0.15) is 0 Å². The molecule has 5 heteroatoms. The van der Waals surface area contributed by atoms with E-state index in [1.807, 2.05) is 36.9 Å². The summed E-state index contributed by atoms with van der Waals surface area (Å²) in [6, 6.07) is 12.6. The number of piperidine rings is 1. The third-order valence-corrected chi connectivity index (χ3v) is 5.56. The molecule has 1 aromatic carbocycles. The van der Waals surface area contributed by atoms with E-state index in [1.165, 1.54) is 5.56 Å². The van der Waals surface area contributed by atoms with Gasteiger partial charge in [0.2, 0.25) is 0 Å². The van der Waals surface area contributed by atoms with Gasteiger partial charge >= 0.3 is 0 Å². The molecule has 0 aliphatic carbocycles. The second-order valence-corrected chi connectivity index (χ2v) is 7.57. The van der Waals surface area contributed by atoms with Crippen molar-refractivity contribution in [1.82, 2.24) is 14.5 Å². The third-order valence-electron chi connectivity index (χ3n) is 5.56. The van der Waals surface area contributed by atoms with Crippen LogP contribution in [0, 0.1) is 12.8 Å². The first kappa shape index (κ1) is 18.0. The molecule has 0 unspecified atom stereocenters. The highest BCUT2D eigenvalue weighted by Gasteiger charge is 2.28. The van der Waals surface area contributed by atoms with E-state index < -0.39 is 6.10 Å². The summed E-state index contributed by atoms with van der Waals surface area (Å²) in [5.41, 5.74) is 2.42. The standard InChI is InChI=1S/C22H27N3O2/c1-16-6-7-20(27-16)19-5-3-4-17(14-19)15-25-11-8-18(9-12-25)21(26)22-23-10-13-24(22)2/h3-7,10,13-14,18,21,26H,8-9,11-12,15H2,1-2H3/t21-/m0/s1. The molecule has 1 fully saturated rings. The molecule has 1 atom stereocenters. The van der Waals surface area contributed by atoms with Gasteiger partial charge in [-0.25, -0.2) is 4.98 Å². The maximum Gasteiger partial charge on any atom is 0.137 e. The average Bonchev–Trinajstić information content (AvgIpc) is 3.30. The zero-order chi connectivity index (χ0) is 18.8. The van der Waals surface area contributed by atoms with Crippen molar-refractivity contribution in [2.75, 3.05) is 13.1 Å². The van der Waals surface area contributed by atoms with Gasteiger partial charge in [-0.1, -0.05) is 18.2 Å². The summed E-state index contributed by atoms with van der Waals surface area (Å²) in [5, 5.41) is 10.6. The first-order valence-electron chi connectivity index (χ1n) is 9.63. The lowest BCUT2D eigenvalue weighted by Gasteiger charge is -2.34. The van der Waals surface area contributed by atoms with Crippen molar-refractivity contribution in [3.05, 3.63) is 65.9 Å². The lowest BCUT2D eigenvalue weighted by Crippen LogP contribution is -2.35. The summed E-state index contributed by atoms with van der Waals surface area (Å²) in [5.74, 6) is 2.91. The molecule has 2 aromatic heterocycles. The molecule has 0 saturated carbocycles. The van der Waals surface area contributed by atoms with Crippen molar-refractivity contribution >= 4 is 0 Å². The summed E-state index contributed by atoms with van der Waals surface area (Å²) < 4.78 is 7.67. The monoisotopic (exact) mass is 365 g/mol. The molecular weight excluding hydrogens is 338 g/mol. The fourth-order valence-electron chi connectivity index (χ4n) is 3.97. The summed E-state index contributed by atoms with van der Waals surface area (Å²) in [7, 11) is 1.94. The molecule has 3 aromatic rings. The number of aromatic nitrogens is 2. The Labute approximate surface area is 160 Å². The van der Waals surface area contributed by atoms with Gasteiger partial charge in [0.25, 0.3) is 0 Å². The van der Waals surface area contributed by atoms with Crippen LogP contribution in [0.4, 0.5) is 0 Å². The van der Waals surface area contributed by atoms with Crippen LogP contribution in [0.5, 0.6) is 0 Å². The summed E-state index contributed by atoms with van der Waals surface area (Å²) >= 11 is 0. The minimum Gasteiger partial charge on any atom is -0.461 e. The molecule has 0 radical (unpaired) electrons. The number of furan rings is 1. The van der Waals surface area contributed by atoms with Crippen LogP contribution in [0.15, 0.2) is 53.2 Å². The second-order valence-electron chi connectivity index (χ2n) is 7.57. The Kier molecular flexibility index (Phi) is 5.14. The molecule has 142 valence electrons. The van der Waals surface area contributed by atoms with Gasteiger partial charge in [-0.15, -0.1) is 0 Å². The molecule has 0 amide bonds. The fraction of sp³-hybridized carbons (Fsp3) is 0.409. The number of aliphatic hydroxyl groups is 1. The van der Waals surface area contributed by atoms with Crippen LogP contribution < -0.4 is 0 Å². The van der Waals surface area contributed by atoms with Crippen LogP contribution >= 0.6 is 0 Å². The topological polar surface area (TPSA) is 54.4 Å². The molecule has 5 nitrogen and oxygen atoms in total. The van der Waals surface area contributed by atoms with Crippen LogP contribution in [-0.4, -0.2) is 32.6 Å². The van der Waals surface area contributed by atoms with Crippen LogP contribution in [0.3, 0.4) is 0 Å². The largest absolute Gasteiger partial charge is 0.461 e. The van der Waals surface area contributed by atoms with Gasteiger partial charge in [-0.05, 0) is 62.5 Å². The van der Waals surface area contributed by atoms with Gasteiger partial charge in [0.1, 0.15) is 23.4 Å². The van der Waals surface area contributed by atoms with Gasteiger partial charge in [-0.3, -0.25) is 4.90 Å². The Morgan fingerprint density at radius 3 is 2.70 bits per heavy atom. The number of rotatable bonds is 5. The number of nitrogens with zero attached hydrogens (tertiary/aromatic N) is 3. The second kappa shape index (κ2) is 7.71. The molecule has 3 heterocycles. The minimum absolute atomic E-state index is 0.278. The third kappa shape index (κ3) is 3.99. The van der Waals surface area contributed by atoms with Crippen molar-refractivity contribution in [2.45, 2.75) is 32.4 Å². The van der Waals surface area contributed by atoms with E-state index in [-0.39, 0.29) is 5.92 Å². The zero-order valence-electron chi connectivity index (χ0n) is 16.0. The molecule has 0 spiro atoms. The Balaban J connectivity index is 1.36. The minimum atomic E-state index is -0.474. The first-order chi connectivity index (χ1) is 13.1. The van der Waals surface area contributed by atoms with Crippen molar-refractivity contribution in [1.29, 1.82) is 0 Å². The van der Waals surface area contributed by atoms with Crippen LogP contribution in [0.1, 0.15) is 36.1 Å². The van der Waals surface area contributed by atoms with Crippen LogP contribution in [0.2, 0.25) is 0 Å². The smallest absolute Gasteiger partial charge is 0.137 e. The SMILES string of the molecule is Cc1ccc(-c2cccc(CN3CCC([C@H](O)c4nccn4C)CC3)c2)o1. The first-order valence-corrected chi connectivity index (χ1v) is 9.63. The van der Waals surface area contributed by atoms with Crippen LogP contribution in [0.25, 0.3) is 11.3 Å². The maximum absolute atomic E-state index is 10.6. The van der Waals surface area contributed by atoms with E-state index in [0.717, 1.165) is 55.4 Å². The van der Waals surface area contributed by atoms with Crippen molar-refractivity contribution < 1.29 is 9.52 Å².